The Labute approximate surface area is 168 Å². The zero-order chi connectivity index (χ0) is 19.3. The van der Waals surface area contributed by atoms with Crippen LogP contribution in [0.5, 0.6) is 0 Å². The maximum Gasteiger partial charge on any atom is 0.193 e. The van der Waals surface area contributed by atoms with Gasteiger partial charge in [0.1, 0.15) is 6.10 Å². The summed E-state index contributed by atoms with van der Waals surface area (Å²) >= 11 is 1.67. The number of aliphatic imine (C=N–C) groups is 1. The number of nitrogens with one attached hydrogen (secondary N) is 2. The first-order chi connectivity index (χ1) is 13.7. The van der Waals surface area contributed by atoms with E-state index in [2.05, 4.69) is 36.7 Å². The maximum atomic E-state index is 5.92. The van der Waals surface area contributed by atoms with Crippen molar-refractivity contribution in [1.29, 1.82) is 0 Å². The highest BCUT2D eigenvalue weighted by Crippen LogP contribution is 2.25. The molecule has 1 aromatic carbocycles. The molecule has 0 radical (unpaired) electrons. The number of morpholine rings is 1. The molecule has 1 aliphatic heterocycles. The van der Waals surface area contributed by atoms with Crippen LogP contribution in [-0.2, 0) is 11.8 Å². The Morgan fingerprint density at radius 2 is 2.25 bits per heavy atom. The molecule has 2 N–H and O–H groups in total. The van der Waals surface area contributed by atoms with Crippen LogP contribution in [0.3, 0.4) is 0 Å². The van der Waals surface area contributed by atoms with Gasteiger partial charge in [-0.15, -0.1) is 0 Å². The standard InChI is InChI=1S/C19H25N7OS/c1-20-18(26-9-10-27-16(13-26)14-11-23-25(2)12-14)21-7-8-22-19-24-15-5-3-4-6-17(15)28-19/h3-6,11-12,16H,7-10,13H2,1-2H3,(H,20,21)(H,22,24). The minimum absolute atomic E-state index is 0.0156. The van der Waals surface area contributed by atoms with Crippen LogP contribution in [0.1, 0.15) is 11.7 Å². The van der Waals surface area contributed by atoms with Gasteiger partial charge in [-0.05, 0) is 12.1 Å². The van der Waals surface area contributed by atoms with Crippen molar-refractivity contribution in [3.8, 4) is 0 Å². The molecule has 0 amide bonds. The highest BCUT2D eigenvalue weighted by molar-refractivity contribution is 7.22. The summed E-state index contributed by atoms with van der Waals surface area (Å²) in [5.41, 5.74) is 2.13. The number of guanidine groups is 1. The first-order valence-corrected chi connectivity index (χ1v) is 10.2. The van der Waals surface area contributed by atoms with Gasteiger partial charge in [0.15, 0.2) is 11.1 Å². The number of rotatable bonds is 5. The molecule has 1 saturated heterocycles. The van der Waals surface area contributed by atoms with Gasteiger partial charge in [-0.1, -0.05) is 23.5 Å². The molecule has 1 unspecified atom stereocenters. The van der Waals surface area contributed by atoms with Crippen LogP contribution in [-0.4, -0.2) is 65.5 Å². The SMILES string of the molecule is CN=C(NCCNc1nc2ccccc2s1)N1CCOC(c2cnn(C)c2)C1. The quantitative estimate of drug-likeness (QED) is 0.389. The van der Waals surface area contributed by atoms with E-state index >= 15 is 0 Å². The Bertz CT molecular complexity index is 918. The average molecular weight is 400 g/mol. The van der Waals surface area contributed by atoms with Gasteiger partial charge in [0.05, 0.1) is 29.6 Å². The molecule has 3 aromatic rings. The maximum absolute atomic E-state index is 5.92. The Balaban J connectivity index is 1.28. The number of benzene rings is 1. The monoisotopic (exact) mass is 399 g/mol. The smallest absolute Gasteiger partial charge is 0.193 e. The van der Waals surface area contributed by atoms with Crippen molar-refractivity contribution in [2.24, 2.45) is 12.0 Å². The van der Waals surface area contributed by atoms with E-state index in [0.717, 1.165) is 48.4 Å². The largest absolute Gasteiger partial charge is 0.370 e. The number of hydrogen-bond acceptors (Lipinski definition) is 6. The van der Waals surface area contributed by atoms with Gasteiger partial charge in [-0.25, -0.2) is 4.98 Å². The third-order valence-electron chi connectivity index (χ3n) is 4.65. The Morgan fingerprint density at radius 3 is 3.04 bits per heavy atom. The van der Waals surface area contributed by atoms with Crippen LogP contribution in [0.15, 0.2) is 41.7 Å². The van der Waals surface area contributed by atoms with E-state index in [1.165, 1.54) is 4.70 Å². The number of ether oxygens (including phenoxy) is 1. The summed E-state index contributed by atoms with van der Waals surface area (Å²) in [6, 6.07) is 8.18. The van der Waals surface area contributed by atoms with Crippen LogP contribution < -0.4 is 10.6 Å². The summed E-state index contributed by atoms with van der Waals surface area (Å²) in [5, 5.41) is 12.0. The van der Waals surface area contributed by atoms with Crippen LogP contribution in [0, 0.1) is 0 Å². The highest BCUT2D eigenvalue weighted by Gasteiger charge is 2.25. The molecule has 28 heavy (non-hydrogen) atoms. The number of aryl methyl sites for hydroxylation is 1. The van der Waals surface area contributed by atoms with Gasteiger partial charge in [-0.2, -0.15) is 5.10 Å². The summed E-state index contributed by atoms with van der Waals surface area (Å²) in [6.45, 7) is 3.79. The van der Waals surface area contributed by atoms with E-state index in [0.29, 0.717) is 6.61 Å². The van der Waals surface area contributed by atoms with E-state index < -0.39 is 0 Å². The molecule has 4 rings (SSSR count). The fraction of sp³-hybridized carbons (Fsp3) is 0.421. The van der Waals surface area contributed by atoms with Crippen LogP contribution in [0.4, 0.5) is 5.13 Å². The van der Waals surface area contributed by atoms with Crippen LogP contribution in [0.2, 0.25) is 0 Å². The Hall–Kier alpha value is -2.65. The molecule has 9 heteroatoms. The molecule has 0 spiro atoms. The first kappa shape index (κ1) is 18.7. The van der Waals surface area contributed by atoms with Gasteiger partial charge in [0.2, 0.25) is 0 Å². The number of anilines is 1. The van der Waals surface area contributed by atoms with Crippen molar-refractivity contribution in [2.75, 3.05) is 45.2 Å². The average Bonchev–Trinajstić information content (AvgIpc) is 3.34. The van der Waals surface area contributed by atoms with Crippen molar-refractivity contribution in [3.05, 3.63) is 42.2 Å². The first-order valence-electron chi connectivity index (χ1n) is 9.38. The molecular formula is C19H25N7OS. The van der Waals surface area contributed by atoms with Gasteiger partial charge < -0.3 is 20.3 Å². The molecule has 1 aliphatic rings. The second-order valence-corrected chi connectivity index (χ2v) is 7.67. The van der Waals surface area contributed by atoms with Crippen LogP contribution >= 0.6 is 11.3 Å². The van der Waals surface area contributed by atoms with E-state index in [1.807, 2.05) is 44.7 Å². The fourth-order valence-electron chi connectivity index (χ4n) is 3.27. The van der Waals surface area contributed by atoms with Gasteiger partial charge >= 0.3 is 0 Å². The van der Waals surface area contributed by atoms with Gasteiger partial charge in [0, 0.05) is 45.5 Å². The van der Waals surface area contributed by atoms with Crippen molar-refractivity contribution in [2.45, 2.75) is 6.10 Å². The molecule has 3 heterocycles. The van der Waals surface area contributed by atoms with E-state index in [1.54, 1.807) is 16.0 Å². The molecule has 0 saturated carbocycles. The van der Waals surface area contributed by atoms with E-state index in [4.69, 9.17) is 4.74 Å². The summed E-state index contributed by atoms with van der Waals surface area (Å²) in [4.78, 5) is 11.3. The predicted molar refractivity (Wildman–Crippen MR) is 113 cm³/mol. The predicted octanol–water partition coefficient (Wildman–Crippen LogP) is 2.09. The topological polar surface area (TPSA) is 79.6 Å². The lowest BCUT2D eigenvalue weighted by Gasteiger charge is -2.34. The van der Waals surface area contributed by atoms with Crippen molar-refractivity contribution in [1.82, 2.24) is 25.0 Å². The minimum atomic E-state index is 0.0156. The zero-order valence-corrected chi connectivity index (χ0v) is 16.9. The van der Waals surface area contributed by atoms with Crippen molar-refractivity contribution < 1.29 is 4.74 Å². The minimum Gasteiger partial charge on any atom is -0.370 e. The van der Waals surface area contributed by atoms with Gasteiger partial charge in [-0.3, -0.25) is 9.67 Å². The molecule has 148 valence electrons. The zero-order valence-electron chi connectivity index (χ0n) is 16.1. The second kappa shape index (κ2) is 8.57. The molecule has 8 nitrogen and oxygen atoms in total. The normalized spacial score (nSPS) is 17.9. The molecule has 2 aromatic heterocycles. The fourth-order valence-corrected chi connectivity index (χ4v) is 4.16. The number of nitrogens with zero attached hydrogens (tertiary/aromatic N) is 5. The third-order valence-corrected chi connectivity index (χ3v) is 5.65. The molecule has 1 atom stereocenters. The number of fused-ring (bicyclic) bond motifs is 1. The van der Waals surface area contributed by atoms with Crippen molar-refractivity contribution >= 4 is 32.6 Å². The lowest BCUT2D eigenvalue weighted by atomic mass is 10.1. The van der Waals surface area contributed by atoms with Crippen LogP contribution in [0.25, 0.3) is 10.2 Å². The Kier molecular flexibility index (Phi) is 5.73. The lowest BCUT2D eigenvalue weighted by molar-refractivity contribution is -0.00799. The molecule has 0 bridgehead atoms. The van der Waals surface area contributed by atoms with E-state index in [9.17, 15) is 0 Å². The van der Waals surface area contributed by atoms with Crippen molar-refractivity contribution in [3.63, 3.8) is 0 Å². The number of aromatic nitrogens is 3. The Morgan fingerprint density at radius 1 is 1.36 bits per heavy atom. The molecule has 0 aliphatic carbocycles. The third kappa shape index (κ3) is 4.26. The summed E-state index contributed by atoms with van der Waals surface area (Å²) in [5.74, 6) is 0.892. The van der Waals surface area contributed by atoms with E-state index in [-0.39, 0.29) is 6.10 Å². The number of hydrogen-bond donors (Lipinski definition) is 2. The summed E-state index contributed by atoms with van der Waals surface area (Å²) in [7, 11) is 3.74. The summed E-state index contributed by atoms with van der Waals surface area (Å²) < 4.78 is 8.92. The number of thiazole rings is 1. The lowest BCUT2D eigenvalue weighted by Crippen LogP contribution is -2.49. The summed E-state index contributed by atoms with van der Waals surface area (Å²) in [6.07, 6.45) is 3.89. The van der Waals surface area contributed by atoms with Gasteiger partial charge in [0.25, 0.3) is 0 Å². The second-order valence-electron chi connectivity index (χ2n) is 6.64. The highest BCUT2D eigenvalue weighted by atomic mass is 32.1. The number of para-hydroxylation sites is 1. The molecule has 1 fully saturated rings. The molecular weight excluding hydrogens is 374 g/mol.